The molecule has 2 unspecified atom stereocenters. The predicted octanol–water partition coefficient (Wildman–Crippen LogP) is 22.4. The van der Waals surface area contributed by atoms with E-state index in [-0.39, 0.29) is 32.2 Å². The number of unbranched alkanes of at least 4 members (excludes halogenated alkanes) is 30. The maximum absolute atomic E-state index is 12.9. The lowest BCUT2D eigenvalue weighted by Crippen LogP contribution is -2.40. The molecule has 0 fully saturated rings. The summed E-state index contributed by atoms with van der Waals surface area (Å²) in [4.78, 5) is 37.6. The van der Waals surface area contributed by atoms with Crippen molar-refractivity contribution < 1.29 is 42.9 Å². The number of nitrogens with zero attached hydrogens (tertiary/aromatic N) is 1. The van der Waals surface area contributed by atoms with Gasteiger partial charge in [-0.25, -0.2) is 4.79 Å². The zero-order valence-corrected chi connectivity index (χ0v) is 56.9. The molecule has 0 saturated carbocycles. The van der Waals surface area contributed by atoms with Gasteiger partial charge in [0.2, 0.25) is 0 Å². The number of rotatable bonds is 65. The van der Waals surface area contributed by atoms with E-state index < -0.39 is 24.3 Å². The van der Waals surface area contributed by atoms with Gasteiger partial charge in [0.25, 0.3) is 6.29 Å². The smallest absolute Gasteiger partial charge is 0.361 e. The van der Waals surface area contributed by atoms with E-state index >= 15 is 0 Å². The van der Waals surface area contributed by atoms with Gasteiger partial charge in [0.15, 0.2) is 6.10 Å². The molecule has 0 amide bonds. The van der Waals surface area contributed by atoms with E-state index in [0.717, 1.165) is 116 Å². The topological polar surface area (TPSA) is 108 Å². The molecule has 0 aromatic rings. The van der Waals surface area contributed by atoms with Crippen LogP contribution in [0.25, 0.3) is 0 Å². The first-order valence-corrected chi connectivity index (χ1v) is 35.7. The molecule has 0 rings (SSSR count). The van der Waals surface area contributed by atoms with Gasteiger partial charge in [0.1, 0.15) is 13.2 Å². The molecule has 0 aliphatic rings. The predicted molar refractivity (Wildman–Crippen MR) is 373 cm³/mol. The summed E-state index contributed by atoms with van der Waals surface area (Å²) < 4.78 is 23.0. The molecular weight excluding hydrogens is 1080 g/mol. The molecule has 0 saturated heterocycles. The minimum absolute atomic E-state index is 0.179. The molecule has 9 heteroatoms. The highest BCUT2D eigenvalue weighted by Gasteiger charge is 2.25. The van der Waals surface area contributed by atoms with E-state index in [2.05, 4.69) is 135 Å². The lowest BCUT2D eigenvalue weighted by Gasteiger charge is -2.25. The van der Waals surface area contributed by atoms with Crippen molar-refractivity contribution in [2.24, 2.45) is 0 Å². The number of carbonyl (C=O) groups is 3. The van der Waals surface area contributed by atoms with Gasteiger partial charge >= 0.3 is 17.9 Å². The monoisotopic (exact) mass is 1210 g/mol. The number of quaternary nitrogens is 1. The van der Waals surface area contributed by atoms with Crippen molar-refractivity contribution in [1.29, 1.82) is 0 Å². The van der Waals surface area contributed by atoms with Crippen molar-refractivity contribution in [1.82, 2.24) is 0 Å². The molecule has 0 heterocycles. The zero-order valence-electron chi connectivity index (χ0n) is 56.9. The van der Waals surface area contributed by atoms with E-state index in [1.807, 2.05) is 21.1 Å². The van der Waals surface area contributed by atoms with Crippen molar-refractivity contribution in [3.05, 3.63) is 122 Å². The van der Waals surface area contributed by atoms with Crippen LogP contribution < -0.4 is 0 Å². The van der Waals surface area contributed by atoms with Gasteiger partial charge in [-0.1, -0.05) is 296 Å². The van der Waals surface area contributed by atoms with Crippen LogP contribution in [0.4, 0.5) is 0 Å². The van der Waals surface area contributed by atoms with Crippen LogP contribution in [0.15, 0.2) is 122 Å². The molecule has 2 atom stereocenters. The normalized spacial score (nSPS) is 13.4. The van der Waals surface area contributed by atoms with Crippen molar-refractivity contribution in [2.75, 3.05) is 47.5 Å². The minimum atomic E-state index is -1.52. The minimum Gasteiger partial charge on any atom is -0.477 e. The Kier molecular flexibility index (Phi) is 64.3. The fourth-order valence-electron chi connectivity index (χ4n) is 9.77. The van der Waals surface area contributed by atoms with E-state index in [9.17, 15) is 19.5 Å². The van der Waals surface area contributed by atoms with E-state index in [1.165, 1.54) is 148 Å². The third-order valence-corrected chi connectivity index (χ3v) is 15.2. The summed E-state index contributed by atoms with van der Waals surface area (Å²) in [6.45, 7) is 4.75. The largest absolute Gasteiger partial charge is 0.477 e. The quantitative estimate of drug-likeness (QED) is 0.0211. The Hall–Kier alpha value is -4.31. The maximum Gasteiger partial charge on any atom is 0.361 e. The van der Waals surface area contributed by atoms with Gasteiger partial charge in [-0.15, -0.1) is 0 Å². The summed E-state index contributed by atoms with van der Waals surface area (Å²) in [6, 6.07) is 0. The van der Waals surface area contributed by atoms with Gasteiger partial charge in [0, 0.05) is 12.8 Å². The Bertz CT molecular complexity index is 1840. The van der Waals surface area contributed by atoms with Gasteiger partial charge in [-0.3, -0.25) is 9.59 Å². The van der Waals surface area contributed by atoms with Gasteiger partial charge in [-0.05, 0) is 109 Å². The third-order valence-electron chi connectivity index (χ3n) is 15.2. The third kappa shape index (κ3) is 69.0. The van der Waals surface area contributed by atoms with Gasteiger partial charge in [-0.2, -0.15) is 0 Å². The molecule has 1 N–H and O–H groups in total. The summed E-state index contributed by atoms with van der Waals surface area (Å²) >= 11 is 0. The highest BCUT2D eigenvalue weighted by atomic mass is 16.7. The zero-order chi connectivity index (χ0) is 63.3. The summed E-state index contributed by atoms with van der Waals surface area (Å²) in [7, 11) is 5.97. The van der Waals surface area contributed by atoms with Crippen LogP contribution in [0.5, 0.6) is 0 Å². The molecule has 87 heavy (non-hydrogen) atoms. The Balaban J connectivity index is 4.16. The first-order chi connectivity index (χ1) is 42.6. The fraction of sp³-hybridized carbons (Fsp3) is 0.705. The molecule has 0 spiro atoms. The van der Waals surface area contributed by atoms with E-state index in [4.69, 9.17) is 18.9 Å². The number of carbonyl (C=O) groups excluding carboxylic acids is 2. The molecular formula is C78H134NO8+. The van der Waals surface area contributed by atoms with Gasteiger partial charge in [0.05, 0.1) is 34.4 Å². The summed E-state index contributed by atoms with van der Waals surface area (Å²) in [5, 5.41) is 9.75. The molecule has 0 aliphatic heterocycles. The number of hydrogen-bond donors (Lipinski definition) is 1. The summed E-state index contributed by atoms with van der Waals surface area (Å²) in [5.74, 6) is -2.02. The van der Waals surface area contributed by atoms with Crippen LogP contribution in [0, 0.1) is 0 Å². The summed E-state index contributed by atoms with van der Waals surface area (Å²) in [6.07, 6.45) is 93.1. The molecule has 498 valence electrons. The highest BCUT2D eigenvalue weighted by molar-refractivity contribution is 5.71. The molecule has 0 aromatic carbocycles. The maximum atomic E-state index is 12.9. The Morgan fingerprint density at radius 3 is 0.977 bits per heavy atom. The Morgan fingerprint density at radius 1 is 0.356 bits per heavy atom. The van der Waals surface area contributed by atoms with Crippen LogP contribution in [0.2, 0.25) is 0 Å². The molecule has 0 aromatic heterocycles. The molecule has 0 bridgehead atoms. The second-order valence-corrected chi connectivity index (χ2v) is 24.8. The second-order valence-electron chi connectivity index (χ2n) is 24.8. The second kappa shape index (κ2) is 67.6. The van der Waals surface area contributed by atoms with Crippen LogP contribution in [-0.4, -0.2) is 87.4 Å². The highest BCUT2D eigenvalue weighted by Crippen LogP contribution is 2.17. The van der Waals surface area contributed by atoms with Crippen LogP contribution >= 0.6 is 0 Å². The Morgan fingerprint density at radius 2 is 0.655 bits per heavy atom. The molecule has 9 nitrogen and oxygen atoms in total. The standard InChI is InChI=1S/C78H133NO8/c1-6-8-10-12-14-16-18-20-22-24-26-28-30-32-34-36-38-40-42-44-46-48-50-52-54-56-58-60-62-64-66-68-75(80)85-72-74(73-86-78(77(82)83)84-71-70-79(3,4)5)87-76(81)69-67-65-63-61-59-57-55-53-51-49-47-45-43-41-39-37-35-33-31-29-27-25-23-21-19-17-15-13-11-9-7-2/h9,11,15,17-18,20-21,23-24,26-27,29,33,35,39,41,45,47,51,53,74,78H,6-8,10,12-14,16,19,22,25,28,30-32,34,36-38,40,42-44,46,48-50,52,54-73H2,1-5H3/p+1/b11-9-,17-15-,20-18-,23-21-,26-24-,29-27-,35-33-,41-39-,47-45-,53-51-. The molecule has 0 radical (unpaired) electrons. The van der Waals surface area contributed by atoms with E-state index in [0.29, 0.717) is 23.9 Å². The number of allylic oxidation sites excluding steroid dienone is 20. The average molecular weight is 1210 g/mol. The average Bonchev–Trinajstić information content (AvgIpc) is 3.56. The number of likely N-dealkylation sites (N-methyl/N-ethyl adjacent to an activating group) is 1. The van der Waals surface area contributed by atoms with Crippen LogP contribution in [0.1, 0.15) is 296 Å². The van der Waals surface area contributed by atoms with Crippen molar-refractivity contribution in [3.8, 4) is 0 Å². The number of carboxylic acid groups (broad SMARTS) is 1. The fourth-order valence-corrected chi connectivity index (χ4v) is 9.77. The first kappa shape index (κ1) is 82.7. The number of esters is 2. The van der Waals surface area contributed by atoms with Crippen molar-refractivity contribution in [2.45, 2.75) is 309 Å². The van der Waals surface area contributed by atoms with Crippen molar-refractivity contribution in [3.63, 3.8) is 0 Å². The van der Waals surface area contributed by atoms with Crippen LogP contribution in [-0.2, 0) is 33.3 Å². The number of ether oxygens (including phenoxy) is 4. The first-order valence-electron chi connectivity index (χ1n) is 35.7. The lowest BCUT2D eigenvalue weighted by atomic mass is 10.0. The van der Waals surface area contributed by atoms with Crippen molar-refractivity contribution >= 4 is 17.9 Å². The van der Waals surface area contributed by atoms with E-state index in [1.54, 1.807) is 0 Å². The lowest BCUT2D eigenvalue weighted by molar-refractivity contribution is -0.870. The summed E-state index contributed by atoms with van der Waals surface area (Å²) in [5.41, 5.74) is 0. The Labute approximate surface area is 536 Å². The van der Waals surface area contributed by atoms with Gasteiger partial charge < -0.3 is 28.5 Å². The van der Waals surface area contributed by atoms with Crippen LogP contribution in [0.3, 0.4) is 0 Å². The number of aliphatic carboxylic acids is 1. The molecule has 0 aliphatic carbocycles. The number of hydrogen-bond acceptors (Lipinski definition) is 7. The SMILES string of the molecule is CC/C=C\C/C=C\C/C=C\C/C=C\C/C=C\C/C=C\C/C=C\C/C=C\CCCCCCCCC(=O)OC(COC(=O)CCCCCCCCCCCCCCCCCCCCC/C=C\C/C=C\CCCCCCC)COC(OCC[N+](C)(C)C)C(=O)O. The number of carboxylic acids is 1.